The van der Waals surface area contributed by atoms with Crippen LogP contribution in [0, 0.1) is 5.92 Å². The van der Waals surface area contributed by atoms with Gasteiger partial charge in [0.2, 0.25) is 5.91 Å². The van der Waals surface area contributed by atoms with Crippen LogP contribution in [0.5, 0.6) is 11.5 Å². The molecule has 0 spiro atoms. The van der Waals surface area contributed by atoms with Gasteiger partial charge in [-0.2, -0.15) is 5.10 Å². The number of ether oxygens (including phenoxy) is 2. The lowest BCUT2D eigenvalue weighted by molar-refractivity contribution is -0.119. The molecule has 2 heterocycles. The molecule has 1 saturated heterocycles. The van der Waals surface area contributed by atoms with Crippen molar-refractivity contribution in [3.8, 4) is 11.5 Å². The first-order valence-electron chi connectivity index (χ1n) is 7.95. The van der Waals surface area contributed by atoms with Crippen LogP contribution in [0.15, 0.2) is 24.5 Å². The summed E-state index contributed by atoms with van der Waals surface area (Å²) in [5.74, 6) is 0.785. The number of carbonyl (C=O) groups excluding carboxylic acids is 1. The molecule has 1 aliphatic rings. The first-order chi connectivity index (χ1) is 12.0. The number of halogens is 2. The van der Waals surface area contributed by atoms with E-state index >= 15 is 0 Å². The molecule has 26 heavy (non-hydrogen) atoms. The number of amides is 1. The highest BCUT2D eigenvalue weighted by Gasteiger charge is 2.35. The van der Waals surface area contributed by atoms with Gasteiger partial charge in [0, 0.05) is 38.3 Å². The Labute approximate surface area is 163 Å². The molecule has 1 fully saturated rings. The van der Waals surface area contributed by atoms with Crippen LogP contribution in [-0.2, 0) is 11.8 Å². The highest BCUT2D eigenvalue weighted by molar-refractivity contribution is 6.32. The molecule has 0 bridgehead atoms. The largest absolute Gasteiger partial charge is 0.495 e. The third-order valence-electron chi connectivity index (χ3n) is 4.44. The van der Waals surface area contributed by atoms with Crippen molar-refractivity contribution in [2.75, 3.05) is 32.6 Å². The van der Waals surface area contributed by atoms with Gasteiger partial charge in [0.1, 0.15) is 11.5 Å². The Morgan fingerprint density at radius 2 is 2.04 bits per heavy atom. The number of benzene rings is 1. The van der Waals surface area contributed by atoms with Crippen molar-refractivity contribution in [1.29, 1.82) is 0 Å². The average Bonchev–Trinajstić information content (AvgIpc) is 3.23. The van der Waals surface area contributed by atoms with Gasteiger partial charge in [-0.05, 0) is 11.6 Å². The van der Waals surface area contributed by atoms with Crippen molar-refractivity contribution in [3.63, 3.8) is 0 Å². The van der Waals surface area contributed by atoms with E-state index in [9.17, 15) is 4.79 Å². The number of methoxy groups -OCH3 is 2. The van der Waals surface area contributed by atoms with E-state index in [1.807, 2.05) is 19.4 Å². The molecule has 7 nitrogen and oxygen atoms in total. The van der Waals surface area contributed by atoms with E-state index in [0.717, 1.165) is 12.1 Å². The number of nitrogens with zero attached hydrogens (tertiary/aromatic N) is 2. The zero-order valence-electron chi connectivity index (χ0n) is 14.8. The number of carbonyl (C=O) groups is 1. The maximum Gasteiger partial charge on any atom is 0.229 e. The minimum absolute atomic E-state index is 0. The summed E-state index contributed by atoms with van der Waals surface area (Å²) in [7, 11) is 4.93. The molecule has 1 aliphatic heterocycles. The predicted octanol–water partition coefficient (Wildman–Crippen LogP) is 2.45. The van der Waals surface area contributed by atoms with Crippen LogP contribution < -0.4 is 20.1 Å². The van der Waals surface area contributed by atoms with Gasteiger partial charge < -0.3 is 20.1 Å². The Hall–Kier alpha value is -1.96. The van der Waals surface area contributed by atoms with Gasteiger partial charge >= 0.3 is 0 Å². The Morgan fingerprint density at radius 3 is 2.65 bits per heavy atom. The van der Waals surface area contributed by atoms with Crippen molar-refractivity contribution >= 4 is 35.6 Å². The van der Waals surface area contributed by atoms with Crippen LogP contribution in [0.25, 0.3) is 0 Å². The fraction of sp³-hybridized carbons (Fsp3) is 0.412. The molecule has 1 aromatic heterocycles. The van der Waals surface area contributed by atoms with Crippen LogP contribution >= 0.6 is 24.0 Å². The Balaban J connectivity index is 0.00000243. The van der Waals surface area contributed by atoms with Gasteiger partial charge in [0.25, 0.3) is 0 Å². The Kier molecular flexibility index (Phi) is 6.75. The van der Waals surface area contributed by atoms with Crippen LogP contribution in [0.1, 0.15) is 11.5 Å². The smallest absolute Gasteiger partial charge is 0.229 e. The molecular weight excluding hydrogens is 379 g/mol. The van der Waals surface area contributed by atoms with Crippen molar-refractivity contribution < 1.29 is 14.3 Å². The van der Waals surface area contributed by atoms with E-state index in [1.165, 1.54) is 14.2 Å². The molecule has 0 unspecified atom stereocenters. The van der Waals surface area contributed by atoms with Gasteiger partial charge in [0.15, 0.2) is 0 Å². The predicted molar refractivity (Wildman–Crippen MR) is 103 cm³/mol. The van der Waals surface area contributed by atoms with Crippen molar-refractivity contribution in [1.82, 2.24) is 15.1 Å². The number of aryl methyl sites for hydroxylation is 1. The second-order valence-electron chi connectivity index (χ2n) is 5.99. The molecule has 2 aromatic rings. The minimum Gasteiger partial charge on any atom is -0.495 e. The number of hydrogen-bond acceptors (Lipinski definition) is 5. The molecule has 2 N–H and O–H groups in total. The highest BCUT2D eigenvalue weighted by Crippen LogP contribution is 2.37. The van der Waals surface area contributed by atoms with Gasteiger partial charge in [-0.15, -0.1) is 12.4 Å². The van der Waals surface area contributed by atoms with E-state index in [-0.39, 0.29) is 30.2 Å². The van der Waals surface area contributed by atoms with Crippen molar-refractivity contribution in [2.45, 2.75) is 5.92 Å². The lowest BCUT2D eigenvalue weighted by Gasteiger charge is -2.19. The van der Waals surface area contributed by atoms with Crippen molar-refractivity contribution in [2.24, 2.45) is 13.0 Å². The Morgan fingerprint density at radius 1 is 1.31 bits per heavy atom. The second kappa shape index (κ2) is 8.62. The average molecular weight is 401 g/mol. The van der Waals surface area contributed by atoms with Crippen LogP contribution in [0.4, 0.5) is 5.69 Å². The molecule has 3 rings (SSSR count). The standard InChI is InChI=1S/C17H21ClN4O3.ClH/c1-22-9-10(6-20-22)11-7-19-8-12(11)17(23)21-14-4-13(18)15(24-2)5-16(14)25-3;/h4-6,9,11-12,19H,7-8H2,1-3H3,(H,21,23);1H/t11-,12+;/m1./s1. The van der Waals surface area contributed by atoms with E-state index < -0.39 is 0 Å². The van der Waals surface area contributed by atoms with Gasteiger partial charge in [0.05, 0.1) is 37.0 Å². The van der Waals surface area contributed by atoms with Gasteiger partial charge in [-0.3, -0.25) is 9.48 Å². The molecule has 1 aromatic carbocycles. The molecule has 142 valence electrons. The molecule has 2 atom stereocenters. The summed E-state index contributed by atoms with van der Waals surface area (Å²) < 4.78 is 12.3. The highest BCUT2D eigenvalue weighted by atomic mass is 35.5. The maximum absolute atomic E-state index is 12.8. The molecule has 0 aliphatic carbocycles. The van der Waals surface area contributed by atoms with E-state index in [1.54, 1.807) is 16.8 Å². The van der Waals surface area contributed by atoms with E-state index in [0.29, 0.717) is 28.8 Å². The number of nitrogens with one attached hydrogen (secondary N) is 2. The lowest BCUT2D eigenvalue weighted by Crippen LogP contribution is -2.28. The number of rotatable bonds is 5. The first-order valence-corrected chi connectivity index (χ1v) is 8.33. The van der Waals surface area contributed by atoms with Gasteiger partial charge in [-0.1, -0.05) is 11.6 Å². The third kappa shape index (κ3) is 4.06. The summed E-state index contributed by atoms with van der Waals surface area (Å²) in [5.41, 5.74) is 1.57. The minimum atomic E-state index is -0.199. The zero-order chi connectivity index (χ0) is 18.0. The Bertz CT molecular complexity index is 781. The van der Waals surface area contributed by atoms with Crippen LogP contribution in [0.3, 0.4) is 0 Å². The summed E-state index contributed by atoms with van der Waals surface area (Å²) >= 11 is 6.17. The summed E-state index contributed by atoms with van der Waals surface area (Å²) in [6.45, 7) is 1.35. The molecular formula is C17H22Cl2N4O3. The number of anilines is 1. The lowest BCUT2D eigenvalue weighted by atomic mass is 9.90. The summed E-state index contributed by atoms with van der Waals surface area (Å²) in [4.78, 5) is 12.8. The topological polar surface area (TPSA) is 77.4 Å². The number of aromatic nitrogens is 2. The third-order valence-corrected chi connectivity index (χ3v) is 4.73. The molecule has 9 heteroatoms. The molecule has 1 amide bonds. The van der Waals surface area contributed by atoms with Crippen LogP contribution in [0.2, 0.25) is 5.02 Å². The molecule has 0 radical (unpaired) electrons. The molecule has 0 saturated carbocycles. The summed E-state index contributed by atoms with van der Waals surface area (Å²) in [5, 5.41) is 10.8. The first kappa shape index (κ1) is 20.4. The number of hydrogen-bond donors (Lipinski definition) is 2. The quantitative estimate of drug-likeness (QED) is 0.805. The van der Waals surface area contributed by atoms with E-state index in [2.05, 4.69) is 15.7 Å². The monoisotopic (exact) mass is 400 g/mol. The van der Waals surface area contributed by atoms with Crippen LogP contribution in [-0.4, -0.2) is 43.0 Å². The normalized spacial score (nSPS) is 18.9. The fourth-order valence-electron chi connectivity index (χ4n) is 3.12. The second-order valence-corrected chi connectivity index (χ2v) is 6.40. The SMILES string of the molecule is COc1cc(OC)c(NC(=O)[C@H]2CNC[C@@H]2c2cnn(C)c2)cc1Cl.Cl. The fourth-order valence-corrected chi connectivity index (χ4v) is 3.36. The van der Waals surface area contributed by atoms with Gasteiger partial charge in [-0.25, -0.2) is 0 Å². The van der Waals surface area contributed by atoms with Crippen molar-refractivity contribution in [3.05, 3.63) is 35.1 Å². The summed E-state index contributed by atoms with van der Waals surface area (Å²) in [6, 6.07) is 3.29. The zero-order valence-corrected chi connectivity index (χ0v) is 16.4. The van der Waals surface area contributed by atoms with E-state index in [4.69, 9.17) is 21.1 Å². The summed E-state index contributed by atoms with van der Waals surface area (Å²) in [6.07, 6.45) is 3.76. The maximum atomic E-state index is 12.8.